The number of carboxylic acid groups (broad SMARTS) is 1. The monoisotopic (exact) mass is 558 g/mol. The first-order valence-electron chi connectivity index (χ1n) is 13.2. The first-order valence-corrected chi connectivity index (χ1v) is 13.2. The van der Waals surface area contributed by atoms with Crippen LogP contribution in [0.3, 0.4) is 0 Å². The van der Waals surface area contributed by atoms with Gasteiger partial charge in [-0.15, -0.1) is 0 Å². The van der Waals surface area contributed by atoms with Crippen LogP contribution in [0.2, 0.25) is 0 Å². The zero-order valence-electron chi connectivity index (χ0n) is 23.6. The second-order valence-electron chi connectivity index (χ2n) is 11.3. The molecule has 0 spiro atoms. The maximum Gasteiger partial charge on any atom is 0.416 e. The zero-order chi connectivity index (χ0) is 29.9. The lowest BCUT2D eigenvalue weighted by Gasteiger charge is -2.43. The number of aryl methyl sites for hydroxylation is 1. The highest BCUT2D eigenvalue weighted by molar-refractivity contribution is 5.97. The molecule has 0 radical (unpaired) electrons. The van der Waals surface area contributed by atoms with E-state index < -0.39 is 29.3 Å². The maximum atomic E-state index is 14.3. The van der Waals surface area contributed by atoms with Gasteiger partial charge in [0.1, 0.15) is 0 Å². The van der Waals surface area contributed by atoms with Gasteiger partial charge in [0, 0.05) is 12.6 Å². The van der Waals surface area contributed by atoms with Crippen molar-refractivity contribution >= 4 is 17.7 Å². The van der Waals surface area contributed by atoms with Gasteiger partial charge >= 0.3 is 18.2 Å². The van der Waals surface area contributed by atoms with Crippen LogP contribution in [0.5, 0.6) is 0 Å². The van der Waals surface area contributed by atoms with Crippen molar-refractivity contribution in [1.29, 1.82) is 0 Å². The van der Waals surface area contributed by atoms with Crippen LogP contribution >= 0.6 is 0 Å². The van der Waals surface area contributed by atoms with Gasteiger partial charge < -0.3 is 15.2 Å². The average Bonchev–Trinajstić information content (AvgIpc) is 2.87. The largest absolute Gasteiger partial charge is 0.499 e. The highest BCUT2D eigenvalue weighted by atomic mass is 19.4. The first kappa shape index (κ1) is 30.8. The molecule has 6 nitrogen and oxygen atoms in total. The summed E-state index contributed by atoms with van der Waals surface area (Å²) in [5, 5.41) is 12.2. The number of carboxylic acids is 1. The zero-order valence-corrected chi connectivity index (χ0v) is 23.6. The van der Waals surface area contributed by atoms with E-state index in [1.165, 1.54) is 35.2 Å². The maximum absolute atomic E-state index is 14.3. The molecule has 9 heteroatoms. The summed E-state index contributed by atoms with van der Waals surface area (Å²) < 4.78 is 48.5. The third-order valence-electron chi connectivity index (χ3n) is 7.07. The van der Waals surface area contributed by atoms with E-state index in [2.05, 4.69) is 11.9 Å². The molecule has 1 aliphatic heterocycles. The van der Waals surface area contributed by atoms with E-state index in [0.717, 1.165) is 6.07 Å². The molecule has 0 saturated carbocycles. The molecular weight excluding hydrogens is 521 g/mol. The average molecular weight is 559 g/mol. The van der Waals surface area contributed by atoms with Gasteiger partial charge in [-0.25, -0.2) is 9.59 Å². The van der Waals surface area contributed by atoms with Gasteiger partial charge in [-0.2, -0.15) is 13.2 Å². The summed E-state index contributed by atoms with van der Waals surface area (Å²) in [6.45, 7) is 13.4. The number of aromatic carboxylic acids is 1. The quantitative estimate of drug-likeness (QED) is 0.289. The number of nitrogens with one attached hydrogen (secondary N) is 1. The van der Waals surface area contributed by atoms with Crippen LogP contribution in [0.25, 0.3) is 0 Å². The minimum Gasteiger partial charge on any atom is -0.499 e. The Balaban J connectivity index is 2.13. The van der Waals surface area contributed by atoms with Crippen molar-refractivity contribution in [2.24, 2.45) is 5.41 Å². The number of rotatable bonds is 10. The van der Waals surface area contributed by atoms with Crippen molar-refractivity contribution in [3.8, 4) is 0 Å². The van der Waals surface area contributed by atoms with Crippen LogP contribution in [0, 0.1) is 5.41 Å². The number of alkyl halides is 3. The molecule has 2 N–H and O–H groups in total. The number of anilines is 1. The lowest BCUT2D eigenvalue weighted by molar-refractivity contribution is -0.138. The molecule has 0 bridgehead atoms. The Morgan fingerprint density at radius 1 is 1.10 bits per heavy atom. The third kappa shape index (κ3) is 7.06. The summed E-state index contributed by atoms with van der Waals surface area (Å²) in [5.41, 5.74) is -0.374. The van der Waals surface area contributed by atoms with E-state index >= 15 is 0 Å². The fourth-order valence-corrected chi connectivity index (χ4v) is 4.83. The number of amides is 2. The predicted molar refractivity (Wildman–Crippen MR) is 149 cm³/mol. The van der Waals surface area contributed by atoms with Crippen molar-refractivity contribution < 1.29 is 32.6 Å². The minimum absolute atomic E-state index is 0.0642. The molecule has 1 atom stereocenters. The number of benzene rings is 2. The van der Waals surface area contributed by atoms with E-state index in [1.807, 2.05) is 27.7 Å². The molecule has 216 valence electrons. The van der Waals surface area contributed by atoms with Crippen LogP contribution in [0.4, 0.5) is 23.7 Å². The van der Waals surface area contributed by atoms with Crippen molar-refractivity contribution in [3.63, 3.8) is 0 Å². The molecule has 2 aromatic rings. The predicted octanol–water partition coefficient (Wildman–Crippen LogP) is 8.04. The highest BCUT2D eigenvalue weighted by Gasteiger charge is 2.43. The van der Waals surface area contributed by atoms with Gasteiger partial charge in [-0.1, -0.05) is 46.4 Å². The van der Waals surface area contributed by atoms with Gasteiger partial charge in [0.2, 0.25) is 0 Å². The fourth-order valence-electron chi connectivity index (χ4n) is 4.83. The number of ether oxygens (including phenoxy) is 1. The fraction of sp³-hybridized carbons (Fsp3) is 0.419. The van der Waals surface area contributed by atoms with Gasteiger partial charge in [0.15, 0.2) is 0 Å². The molecule has 2 aromatic carbocycles. The third-order valence-corrected chi connectivity index (χ3v) is 7.07. The van der Waals surface area contributed by atoms with E-state index in [1.54, 1.807) is 19.2 Å². The number of halogens is 3. The van der Waals surface area contributed by atoms with Crippen molar-refractivity contribution in [2.45, 2.75) is 72.0 Å². The Hall–Kier alpha value is -3.75. The van der Waals surface area contributed by atoms with Gasteiger partial charge in [-0.05, 0) is 78.6 Å². The van der Waals surface area contributed by atoms with Crippen LogP contribution in [-0.4, -0.2) is 23.7 Å². The summed E-state index contributed by atoms with van der Waals surface area (Å²) in [6.07, 6.45) is -1.49. The molecule has 2 amide bonds. The first-order chi connectivity index (χ1) is 18.6. The number of carbonyl (C=O) groups is 2. The van der Waals surface area contributed by atoms with E-state index in [-0.39, 0.29) is 29.6 Å². The van der Waals surface area contributed by atoms with Crippen LogP contribution in [-0.2, 0) is 22.9 Å². The molecule has 3 rings (SSSR count). The van der Waals surface area contributed by atoms with E-state index in [9.17, 15) is 27.9 Å². The molecule has 1 aliphatic rings. The number of urea groups is 1. The second-order valence-corrected chi connectivity index (χ2v) is 11.3. The summed E-state index contributed by atoms with van der Waals surface area (Å²) in [6, 6.07) is 9.59. The summed E-state index contributed by atoms with van der Waals surface area (Å²) in [5.74, 6) is -0.606. The molecule has 0 fully saturated rings. The molecule has 40 heavy (non-hydrogen) atoms. The van der Waals surface area contributed by atoms with Gasteiger partial charge in [-0.3, -0.25) is 4.90 Å². The molecule has 0 unspecified atom stereocenters. The Labute approximate surface area is 233 Å². The van der Waals surface area contributed by atoms with Crippen molar-refractivity contribution in [1.82, 2.24) is 5.32 Å². The SMILES string of the molecule is C=C(C)OCCC1=CN(c2ccc(C(=O)O)cc2)C(=O)N[C@@]1(CC)c1ccc(CCC(C)(C)C)c(C(F)(F)F)c1. The van der Waals surface area contributed by atoms with Crippen molar-refractivity contribution in [2.75, 3.05) is 11.5 Å². The Morgan fingerprint density at radius 3 is 2.27 bits per heavy atom. The smallest absolute Gasteiger partial charge is 0.416 e. The van der Waals surface area contributed by atoms with Gasteiger partial charge in [0.25, 0.3) is 0 Å². The minimum atomic E-state index is -4.57. The second kappa shape index (κ2) is 11.8. The number of allylic oxidation sites excluding steroid dienone is 1. The number of nitrogens with zero attached hydrogens (tertiary/aromatic N) is 1. The standard InChI is InChI=1S/C31H37F3N2O4/c1-7-30(23-11-8-21(14-16-29(4,5)6)26(18-23)31(32,33)34)24(15-17-40-20(2)3)19-36(28(39)35-30)25-12-9-22(10-13-25)27(37)38/h8-13,18-19H,2,7,14-17H2,1,3-6H3,(H,35,39)(H,37,38)/t30-/m0/s1. The Morgan fingerprint density at radius 2 is 1.75 bits per heavy atom. The molecule has 0 aliphatic carbocycles. The highest BCUT2D eigenvalue weighted by Crippen LogP contribution is 2.42. The topological polar surface area (TPSA) is 78.9 Å². The normalized spacial score (nSPS) is 17.8. The van der Waals surface area contributed by atoms with E-state index in [0.29, 0.717) is 41.8 Å². The number of hydrogen-bond acceptors (Lipinski definition) is 3. The number of hydrogen-bond donors (Lipinski definition) is 2. The van der Waals surface area contributed by atoms with E-state index in [4.69, 9.17) is 4.74 Å². The van der Waals surface area contributed by atoms with Gasteiger partial charge in [0.05, 0.1) is 34.7 Å². The summed E-state index contributed by atoms with van der Waals surface area (Å²) in [4.78, 5) is 26.0. The molecule has 0 aromatic heterocycles. The summed E-state index contributed by atoms with van der Waals surface area (Å²) >= 11 is 0. The Kier molecular flexibility index (Phi) is 9.07. The van der Waals surface area contributed by atoms with Crippen LogP contribution in [0.15, 0.2) is 66.6 Å². The van der Waals surface area contributed by atoms with Crippen LogP contribution < -0.4 is 10.2 Å². The Bertz CT molecular complexity index is 1290. The van der Waals surface area contributed by atoms with Crippen molar-refractivity contribution in [3.05, 3.63) is 88.8 Å². The molecule has 0 saturated heterocycles. The number of carbonyl (C=O) groups excluding carboxylic acids is 1. The molecule has 1 heterocycles. The lowest BCUT2D eigenvalue weighted by Crippen LogP contribution is -2.55. The molecular formula is C31H37F3N2O4. The lowest BCUT2D eigenvalue weighted by atomic mass is 9.76. The van der Waals surface area contributed by atoms with Crippen LogP contribution in [0.1, 0.15) is 80.9 Å². The summed E-state index contributed by atoms with van der Waals surface area (Å²) in [7, 11) is 0.